The molecule has 10 atom stereocenters. The zero-order valence-corrected chi connectivity index (χ0v) is 47.1. The number of hydrogen-bond acceptors (Lipinski definition) is 18. The van der Waals surface area contributed by atoms with Gasteiger partial charge in [-0.25, -0.2) is 19.6 Å². The number of likely N-dealkylation sites (N-methyl/N-ethyl adjacent to an activating group) is 4. The number of amides is 8. The maximum Gasteiger partial charge on any atom is 0.332 e. The van der Waals surface area contributed by atoms with Crippen molar-refractivity contribution in [3.05, 3.63) is 72.1 Å². The molecule has 2 saturated carbocycles. The van der Waals surface area contributed by atoms with E-state index in [0.29, 0.717) is 21.8 Å². The van der Waals surface area contributed by atoms with E-state index in [4.69, 9.17) is 9.47 Å². The number of benzene rings is 2. The van der Waals surface area contributed by atoms with Gasteiger partial charge in [0, 0.05) is 50.0 Å². The Balaban J connectivity index is 1.19. The second kappa shape index (κ2) is 23.2. The van der Waals surface area contributed by atoms with Crippen LogP contribution in [0, 0.1) is 11.8 Å². The van der Waals surface area contributed by atoms with Gasteiger partial charge < -0.3 is 60.6 Å². The quantitative estimate of drug-likeness (QED) is 0.148. The van der Waals surface area contributed by atoms with Gasteiger partial charge in [-0.05, 0) is 55.9 Å². The van der Waals surface area contributed by atoms with E-state index < -0.39 is 160 Å². The number of carbonyl (C=O) groups is 10. The first-order valence-electron chi connectivity index (χ1n) is 25.9. The lowest BCUT2D eigenvalue weighted by molar-refractivity contribution is -0.161. The fraction of sp³-hybridized carbons (Fsp3) is 0.481. The Morgan fingerprint density at radius 1 is 0.700 bits per heavy atom. The molecule has 0 radical (unpaired) electrons. The summed E-state index contributed by atoms with van der Waals surface area (Å²) in [6.45, 7) is 5.95. The molecular formula is C54H64N10O14S2. The molecular weight excluding hydrogens is 1080 g/mol. The van der Waals surface area contributed by atoms with Crippen LogP contribution >= 0.6 is 23.5 Å². The van der Waals surface area contributed by atoms with E-state index in [0.717, 1.165) is 26.5 Å². The summed E-state index contributed by atoms with van der Waals surface area (Å²) in [6.07, 6.45) is 0.145. The van der Waals surface area contributed by atoms with Gasteiger partial charge in [-0.2, -0.15) is 0 Å². The topological polar surface area (TPSA) is 316 Å². The van der Waals surface area contributed by atoms with Crippen LogP contribution in [0.1, 0.15) is 68.4 Å². The molecule has 8 amide bonds. The van der Waals surface area contributed by atoms with E-state index in [1.807, 2.05) is 13.8 Å². The Morgan fingerprint density at radius 2 is 1.16 bits per heavy atom. The third-order valence-electron chi connectivity index (χ3n) is 15.3. The normalized spacial score (nSPS) is 28.7. The average Bonchev–Trinajstić information content (AvgIpc) is 4.51. The van der Waals surface area contributed by atoms with Crippen LogP contribution in [0.2, 0.25) is 0 Å². The molecule has 4 heterocycles. The first-order valence-corrected chi connectivity index (χ1v) is 27.9. The predicted molar refractivity (Wildman–Crippen MR) is 293 cm³/mol. The summed E-state index contributed by atoms with van der Waals surface area (Å²) in [6, 6.07) is 8.07. The Hall–Kier alpha value is -7.74. The van der Waals surface area contributed by atoms with Crippen LogP contribution in [0.15, 0.2) is 60.7 Å². The molecule has 8 rings (SSSR count). The molecule has 10 unspecified atom stereocenters. The molecule has 2 saturated heterocycles. The van der Waals surface area contributed by atoms with E-state index in [-0.39, 0.29) is 23.8 Å². The maximum atomic E-state index is 15.5. The summed E-state index contributed by atoms with van der Waals surface area (Å²) in [4.78, 5) is 158. The third kappa shape index (κ3) is 11.4. The summed E-state index contributed by atoms with van der Waals surface area (Å²) in [5.41, 5.74) is -3.59. The van der Waals surface area contributed by atoms with Crippen LogP contribution in [0.3, 0.4) is 0 Å². The van der Waals surface area contributed by atoms with Crippen LogP contribution in [-0.2, 0) is 47.8 Å². The van der Waals surface area contributed by atoms with Gasteiger partial charge in [0.15, 0.2) is 11.4 Å². The van der Waals surface area contributed by atoms with Crippen LogP contribution in [0.5, 0.6) is 11.5 Å². The largest absolute Gasteiger partial charge is 0.505 e. The number of aromatic hydroxyl groups is 2. The fourth-order valence-electron chi connectivity index (χ4n) is 10.2. The molecule has 2 aliphatic carbocycles. The number of ether oxygens (including phenoxy) is 2. The van der Waals surface area contributed by atoms with E-state index in [9.17, 15) is 48.6 Å². The lowest BCUT2D eigenvalue weighted by Gasteiger charge is -2.40. The van der Waals surface area contributed by atoms with Crippen molar-refractivity contribution in [1.82, 2.24) is 50.8 Å². The Morgan fingerprint density at radius 3 is 1.64 bits per heavy atom. The molecule has 4 fully saturated rings. The van der Waals surface area contributed by atoms with Gasteiger partial charge in [0.05, 0.1) is 22.2 Å². The summed E-state index contributed by atoms with van der Waals surface area (Å²) in [5.74, 6) is -11.6. The number of nitrogens with zero attached hydrogens (tertiary/aromatic N) is 6. The molecule has 2 aromatic heterocycles. The van der Waals surface area contributed by atoms with Crippen molar-refractivity contribution >= 4 is 105 Å². The number of nitrogens with one attached hydrogen (secondary N) is 4. The minimum Gasteiger partial charge on any atom is -0.505 e. The highest BCUT2D eigenvalue weighted by Gasteiger charge is 2.65. The number of aromatic nitrogens is 2. The summed E-state index contributed by atoms with van der Waals surface area (Å²) >= 11 is 2.30. The highest BCUT2D eigenvalue weighted by atomic mass is 32.2. The van der Waals surface area contributed by atoms with Crippen LogP contribution in [0.25, 0.3) is 21.8 Å². The Kier molecular flexibility index (Phi) is 16.9. The van der Waals surface area contributed by atoms with Gasteiger partial charge in [0.2, 0.25) is 35.4 Å². The first-order chi connectivity index (χ1) is 37.8. The van der Waals surface area contributed by atoms with Crippen molar-refractivity contribution in [2.24, 2.45) is 11.8 Å². The molecule has 6 N–H and O–H groups in total. The number of cyclic esters (lactones) is 2. The van der Waals surface area contributed by atoms with Crippen LogP contribution in [-0.4, -0.2) is 204 Å². The van der Waals surface area contributed by atoms with Gasteiger partial charge in [0.1, 0.15) is 66.0 Å². The zero-order valence-electron chi connectivity index (χ0n) is 45.5. The zero-order chi connectivity index (χ0) is 58.3. The van der Waals surface area contributed by atoms with E-state index in [1.165, 1.54) is 63.9 Å². The number of carbonyl (C=O) groups excluding carboxylic acids is 10. The summed E-state index contributed by atoms with van der Waals surface area (Å²) < 4.78 is 10.6. The molecule has 26 heteroatoms. The number of hydrogen-bond donors (Lipinski definition) is 6. The van der Waals surface area contributed by atoms with Crippen molar-refractivity contribution < 1.29 is 67.6 Å². The third-order valence-corrected chi connectivity index (χ3v) is 18.2. The number of para-hydroxylation sites is 2. The second-order valence-electron chi connectivity index (χ2n) is 20.9. The van der Waals surface area contributed by atoms with E-state index in [2.05, 4.69) is 31.2 Å². The van der Waals surface area contributed by atoms with Crippen molar-refractivity contribution in [3.63, 3.8) is 0 Å². The lowest BCUT2D eigenvalue weighted by Crippen LogP contribution is -2.61. The van der Waals surface area contributed by atoms with Gasteiger partial charge in [-0.1, -0.05) is 64.1 Å². The van der Waals surface area contributed by atoms with Crippen LogP contribution in [0.4, 0.5) is 0 Å². The van der Waals surface area contributed by atoms with Crippen LogP contribution < -0.4 is 21.3 Å². The smallest absolute Gasteiger partial charge is 0.332 e. The standard InChI is InChI=1S/C54H64N10O14S2/c1-26(2)80-50-42-49(74)64(9)54(21-28(54)4)52(76)77-23-34(59-45(70)40-37(65)18-30-14-10-12-16-32(30)57-40)43(68)55-22-39(67)61(6)36(25-79-50)48(73)63(8)53(20-27(53)3)51(75)78-24-35(44(69)56-29(5)47(72)62(42)7)60-46(71)41-38(66)19-31-15-11-13-17-33(31)58-41/h10-19,26-29,34-36,42,50,65-66H,20-25H2,1-9H3,(H,55,68)(H,56,69)(H,59,70)(H,60,71). The van der Waals surface area contributed by atoms with Crippen molar-refractivity contribution in [2.75, 3.05) is 53.7 Å². The van der Waals surface area contributed by atoms with E-state index >= 15 is 9.59 Å². The number of thioether (sulfide) groups is 2. The lowest BCUT2D eigenvalue weighted by atomic mass is 10.1. The predicted octanol–water partition coefficient (Wildman–Crippen LogP) is 1.15. The number of fused-ring (bicyclic) bond motifs is 6. The second-order valence-corrected chi connectivity index (χ2v) is 24.1. The molecule has 2 aliphatic heterocycles. The fourth-order valence-corrected chi connectivity index (χ4v) is 13.6. The molecule has 2 bridgehead atoms. The summed E-state index contributed by atoms with van der Waals surface area (Å²) in [5, 5.41) is 32.5. The van der Waals surface area contributed by atoms with Crippen molar-refractivity contribution in [3.8, 4) is 11.5 Å². The van der Waals surface area contributed by atoms with E-state index in [1.54, 1.807) is 62.4 Å². The van der Waals surface area contributed by atoms with Gasteiger partial charge in [0.25, 0.3) is 11.8 Å². The minimum absolute atomic E-state index is 0.0704. The van der Waals surface area contributed by atoms with Gasteiger partial charge in [-0.15, -0.1) is 23.5 Å². The monoisotopic (exact) mass is 1140 g/mol. The summed E-state index contributed by atoms with van der Waals surface area (Å²) in [7, 11) is 5.36. The number of pyridine rings is 2. The highest BCUT2D eigenvalue weighted by Crippen LogP contribution is 2.51. The maximum absolute atomic E-state index is 15.5. The van der Waals surface area contributed by atoms with Crippen molar-refractivity contribution in [1.29, 1.82) is 0 Å². The average molecular weight is 1140 g/mol. The molecule has 2 aromatic carbocycles. The molecule has 4 aliphatic rings. The molecule has 4 aromatic rings. The highest BCUT2D eigenvalue weighted by molar-refractivity contribution is 8.17. The van der Waals surface area contributed by atoms with Gasteiger partial charge >= 0.3 is 11.9 Å². The SMILES string of the molecule is CC(C)SC1SCC2C(=O)N(C)C3(CC3C)C(=O)OCC(NC(=O)c3nc4ccccc4cc3O)C(=O)NC(C)C(=O)N(C)C1C(=O)N(C)C1(CC1C)C(=O)OCC(NC(=O)c1nc3ccccc3cc1O)C(=O)NCC(=O)N2C. The molecule has 426 valence electrons. The number of esters is 2. The Bertz CT molecular complexity index is 3200. The first kappa shape index (κ1) is 58.4. The molecule has 24 nitrogen and oxygen atoms in total. The Labute approximate surface area is 468 Å². The number of rotatable bonds is 6. The molecule has 2 spiro atoms. The van der Waals surface area contributed by atoms with Gasteiger partial charge in [-0.3, -0.25) is 38.4 Å². The van der Waals surface area contributed by atoms with Crippen molar-refractivity contribution in [2.45, 2.75) is 98.6 Å². The molecule has 80 heavy (non-hydrogen) atoms. The minimum atomic E-state index is -1.74.